The average molecular weight is 712 g/mol. The van der Waals surface area contributed by atoms with Crippen molar-refractivity contribution in [1.82, 2.24) is 9.62 Å². The van der Waals surface area contributed by atoms with Crippen molar-refractivity contribution in [3.05, 3.63) is 58.1 Å². The predicted octanol–water partition coefficient (Wildman–Crippen LogP) is 5.78. The van der Waals surface area contributed by atoms with Gasteiger partial charge < -0.3 is 24.0 Å². The third kappa shape index (κ3) is 6.28. The number of hydrogen-bond acceptors (Lipinski definition) is 8. The van der Waals surface area contributed by atoms with Gasteiger partial charge in [0.1, 0.15) is 18.0 Å². The second-order valence-corrected chi connectivity index (χ2v) is 18.5. The lowest BCUT2D eigenvalue weighted by Gasteiger charge is -2.47. The molecule has 11 heteroatoms. The molecule has 1 N–H and O–H groups in total. The van der Waals surface area contributed by atoms with Crippen molar-refractivity contribution >= 4 is 33.2 Å². The number of likely N-dealkylation sites (tertiary alicyclic amines) is 1. The van der Waals surface area contributed by atoms with Crippen LogP contribution in [0.25, 0.3) is 0 Å². The highest BCUT2D eigenvalue weighted by Gasteiger charge is 2.50. The second kappa shape index (κ2) is 13.0. The van der Waals surface area contributed by atoms with Crippen LogP contribution in [0, 0.1) is 23.7 Å². The van der Waals surface area contributed by atoms with E-state index < -0.39 is 21.2 Å². The Morgan fingerprint density at radius 3 is 2.49 bits per heavy atom. The molecule has 9 atom stereocenters. The number of carbonyl (C=O) groups is 1. The van der Waals surface area contributed by atoms with E-state index in [9.17, 15) is 13.2 Å². The van der Waals surface area contributed by atoms with Crippen LogP contribution >= 0.6 is 11.6 Å². The van der Waals surface area contributed by atoms with E-state index in [1.54, 1.807) is 13.0 Å². The normalized spacial score (nSPS) is 37.6. The molecule has 2 aromatic rings. The topological polar surface area (TPSA) is 97.4 Å². The van der Waals surface area contributed by atoms with Gasteiger partial charge in [-0.3, -0.25) is 4.79 Å². The molecule has 266 valence electrons. The van der Waals surface area contributed by atoms with Gasteiger partial charge in [-0.05, 0) is 118 Å². The quantitative estimate of drug-likeness (QED) is 0.398. The minimum atomic E-state index is -3.90. The number of amides is 1. The van der Waals surface area contributed by atoms with Crippen molar-refractivity contribution < 1.29 is 27.4 Å². The van der Waals surface area contributed by atoms with Gasteiger partial charge in [-0.2, -0.15) is 0 Å². The molecular weight excluding hydrogens is 662 g/mol. The Balaban J connectivity index is 1.17. The molecule has 2 bridgehead atoms. The van der Waals surface area contributed by atoms with Gasteiger partial charge in [0.2, 0.25) is 10.0 Å². The number of rotatable bonds is 1. The summed E-state index contributed by atoms with van der Waals surface area (Å²) in [5.41, 5.74) is 3.51. The molecule has 2 saturated heterocycles. The fourth-order valence-corrected chi connectivity index (χ4v) is 11.2. The van der Waals surface area contributed by atoms with Crippen LogP contribution < -0.4 is 14.4 Å². The minimum Gasteiger partial charge on any atom is -0.490 e. The highest BCUT2D eigenvalue weighted by molar-refractivity contribution is 7.90. The molecule has 0 radical (unpaired) electrons. The van der Waals surface area contributed by atoms with E-state index >= 15 is 0 Å². The van der Waals surface area contributed by atoms with Crippen LogP contribution in [-0.2, 0) is 31.3 Å². The van der Waals surface area contributed by atoms with Crippen LogP contribution in [0.2, 0.25) is 5.02 Å². The van der Waals surface area contributed by atoms with Gasteiger partial charge in [0.05, 0.1) is 17.5 Å². The lowest BCUT2D eigenvalue weighted by atomic mass is 9.64. The van der Waals surface area contributed by atoms with Gasteiger partial charge in [-0.25, -0.2) is 13.1 Å². The van der Waals surface area contributed by atoms with Crippen molar-refractivity contribution in [2.24, 2.45) is 23.7 Å². The SMILES string of the molecule is C[C@@H]1[C@@H](C)CCC[C@H]([C@@H]2O[C@H]3CN(C)C[C@H]3O2)[C@@H]2CC[C@H]2CN2C[C@@]3(CCCc4cc(Cl)ccc43)COc3ccc(cc32)C(=O)NS1(=O)=O. The summed E-state index contributed by atoms with van der Waals surface area (Å²) in [6.07, 6.45) is 7.81. The lowest BCUT2D eigenvalue weighted by Crippen LogP contribution is -2.50. The smallest absolute Gasteiger partial charge is 0.264 e. The minimum absolute atomic E-state index is 0.106. The molecule has 9 nitrogen and oxygen atoms in total. The van der Waals surface area contributed by atoms with E-state index in [-0.39, 0.29) is 35.7 Å². The summed E-state index contributed by atoms with van der Waals surface area (Å²) in [5.74, 6) is 1.11. The molecule has 2 aliphatic carbocycles. The van der Waals surface area contributed by atoms with Gasteiger partial charge in [0.15, 0.2) is 6.29 Å². The number of benzene rings is 2. The molecule has 0 aromatic heterocycles. The molecule has 6 aliphatic rings. The Kier molecular flexibility index (Phi) is 8.95. The Morgan fingerprint density at radius 1 is 0.939 bits per heavy atom. The summed E-state index contributed by atoms with van der Waals surface area (Å²) in [6.45, 7) is 7.56. The van der Waals surface area contributed by atoms with Gasteiger partial charge in [-0.1, -0.05) is 31.0 Å². The van der Waals surface area contributed by atoms with E-state index in [4.69, 9.17) is 25.8 Å². The highest BCUT2D eigenvalue weighted by Crippen LogP contribution is 2.50. The first kappa shape index (κ1) is 33.8. The lowest BCUT2D eigenvalue weighted by molar-refractivity contribution is -0.146. The molecular formula is C38H50ClN3O6S. The Labute approximate surface area is 296 Å². The van der Waals surface area contributed by atoms with E-state index in [0.717, 1.165) is 94.0 Å². The Hall–Kier alpha value is -2.37. The van der Waals surface area contributed by atoms with Crippen LogP contribution in [0.3, 0.4) is 0 Å². The molecule has 2 aromatic carbocycles. The first-order chi connectivity index (χ1) is 23.5. The number of nitrogens with one attached hydrogen (secondary N) is 1. The summed E-state index contributed by atoms with van der Waals surface area (Å²) in [7, 11) is -1.78. The maximum absolute atomic E-state index is 13.6. The van der Waals surface area contributed by atoms with Gasteiger partial charge in [0, 0.05) is 48.1 Å². The third-order valence-electron chi connectivity index (χ3n) is 12.9. The number of anilines is 1. The first-order valence-corrected chi connectivity index (χ1v) is 20.3. The third-order valence-corrected chi connectivity index (χ3v) is 15.0. The number of likely N-dealkylation sites (N-methyl/N-ethyl adjacent to an activating group) is 1. The maximum Gasteiger partial charge on any atom is 0.264 e. The first-order valence-electron chi connectivity index (χ1n) is 18.4. The van der Waals surface area contributed by atoms with Crippen molar-refractivity contribution in [3.8, 4) is 5.75 Å². The Bertz CT molecular complexity index is 1690. The van der Waals surface area contributed by atoms with Crippen LogP contribution in [0.1, 0.15) is 80.3 Å². The molecule has 1 saturated carbocycles. The van der Waals surface area contributed by atoms with Crippen molar-refractivity contribution in [2.45, 2.75) is 94.4 Å². The van der Waals surface area contributed by atoms with Crippen LogP contribution in [0.15, 0.2) is 36.4 Å². The number of fused-ring (bicyclic) bond motifs is 5. The van der Waals surface area contributed by atoms with Crippen LogP contribution in [0.4, 0.5) is 5.69 Å². The number of aryl methyl sites for hydroxylation is 1. The standard InChI is InChI=1S/C38H50ClN3O6S/c1-23-6-4-8-30(37-47-34-19-41(3)20-35(34)48-37)29-12-9-27(29)18-42-21-38(15-5-7-25-16-28(39)11-13-31(25)38)22-46-33-14-10-26(17-32(33)42)36(43)40-49(44,45)24(23)2/h10-11,13-14,16-17,23-24,27,29-30,34-35,37H,4-9,12,15,18-22H2,1-3H3,(H,40,43)/t23-,24+,27-,29+,30-,34-,35+,37+,38-/m0/s1. The van der Waals surface area contributed by atoms with E-state index in [2.05, 4.69) is 33.7 Å². The van der Waals surface area contributed by atoms with Crippen LogP contribution in [0.5, 0.6) is 5.75 Å². The number of ether oxygens (including phenoxy) is 3. The monoisotopic (exact) mass is 711 g/mol. The van der Waals surface area contributed by atoms with Gasteiger partial charge in [-0.15, -0.1) is 0 Å². The van der Waals surface area contributed by atoms with Gasteiger partial charge in [0.25, 0.3) is 5.91 Å². The summed E-state index contributed by atoms with van der Waals surface area (Å²) in [4.78, 5) is 18.3. The molecule has 1 amide bonds. The number of sulfonamides is 1. The molecule has 4 heterocycles. The van der Waals surface area contributed by atoms with Crippen LogP contribution in [-0.4, -0.2) is 82.8 Å². The zero-order valence-corrected chi connectivity index (χ0v) is 30.5. The van der Waals surface area contributed by atoms with E-state index in [0.29, 0.717) is 24.0 Å². The number of halogens is 1. The van der Waals surface area contributed by atoms with Crippen molar-refractivity contribution in [3.63, 3.8) is 0 Å². The number of hydrogen-bond donors (Lipinski definition) is 1. The molecule has 0 unspecified atom stereocenters. The Morgan fingerprint density at radius 2 is 1.73 bits per heavy atom. The maximum atomic E-state index is 13.6. The summed E-state index contributed by atoms with van der Waals surface area (Å²) in [5, 5.41) is 0.0389. The highest BCUT2D eigenvalue weighted by atomic mass is 35.5. The zero-order chi connectivity index (χ0) is 34.1. The summed E-state index contributed by atoms with van der Waals surface area (Å²) >= 11 is 6.48. The van der Waals surface area contributed by atoms with E-state index in [1.165, 1.54) is 11.1 Å². The molecule has 49 heavy (non-hydrogen) atoms. The molecule has 3 fully saturated rings. The fraction of sp³-hybridized carbons (Fsp3) is 0.658. The summed E-state index contributed by atoms with van der Waals surface area (Å²) < 4.78 is 49.4. The second-order valence-electron chi connectivity index (χ2n) is 16.0. The molecule has 4 aliphatic heterocycles. The zero-order valence-electron chi connectivity index (χ0n) is 28.9. The number of carbonyl (C=O) groups excluding carboxylic acids is 1. The molecule has 8 rings (SSSR count). The fourth-order valence-electron chi connectivity index (χ4n) is 9.74. The van der Waals surface area contributed by atoms with Crippen molar-refractivity contribution in [1.29, 1.82) is 0 Å². The average Bonchev–Trinajstić information content (AvgIpc) is 3.56. The van der Waals surface area contributed by atoms with Gasteiger partial charge >= 0.3 is 0 Å². The number of nitrogens with zero attached hydrogens (tertiary/aromatic N) is 2. The summed E-state index contributed by atoms with van der Waals surface area (Å²) in [6, 6.07) is 11.7. The molecule has 1 spiro atoms. The largest absolute Gasteiger partial charge is 0.490 e. The van der Waals surface area contributed by atoms with E-state index in [1.807, 2.05) is 25.1 Å². The van der Waals surface area contributed by atoms with Crippen molar-refractivity contribution in [2.75, 3.05) is 44.7 Å². The predicted molar refractivity (Wildman–Crippen MR) is 190 cm³/mol.